The minimum absolute atomic E-state index is 0.309. The molecule has 1 heterocycles. The number of thioether (sulfide) groups is 1. The topological polar surface area (TPSA) is 37.3 Å². The average molecular weight is 308 g/mol. The molecule has 22 heavy (non-hydrogen) atoms. The summed E-state index contributed by atoms with van der Waals surface area (Å²) < 4.78 is 0. The fourth-order valence-corrected chi connectivity index (χ4v) is 3.32. The van der Waals surface area contributed by atoms with Crippen molar-refractivity contribution >= 4 is 35.5 Å². The van der Waals surface area contributed by atoms with Gasteiger partial charge < -0.3 is 5.11 Å². The second kappa shape index (κ2) is 6.67. The molecule has 0 radical (unpaired) electrons. The monoisotopic (exact) mass is 308 g/mol. The van der Waals surface area contributed by atoms with Gasteiger partial charge in [-0.15, -0.1) is 11.8 Å². The van der Waals surface area contributed by atoms with Gasteiger partial charge in [-0.25, -0.2) is 4.79 Å². The summed E-state index contributed by atoms with van der Waals surface area (Å²) in [5, 5.41) is 11.3. The van der Waals surface area contributed by atoms with E-state index in [-0.39, 0.29) is 0 Å². The molecule has 2 aromatic carbocycles. The Labute approximate surface area is 134 Å². The van der Waals surface area contributed by atoms with Crippen molar-refractivity contribution in [2.24, 2.45) is 0 Å². The van der Waals surface area contributed by atoms with E-state index in [0.717, 1.165) is 23.3 Å². The maximum absolute atomic E-state index is 11.0. The minimum atomic E-state index is -0.900. The highest BCUT2D eigenvalue weighted by atomic mass is 32.2. The smallest absolute Gasteiger partial charge is 0.335 e. The second-order valence-corrected chi connectivity index (χ2v) is 6.13. The van der Waals surface area contributed by atoms with Crippen LogP contribution >= 0.6 is 11.8 Å². The van der Waals surface area contributed by atoms with Gasteiger partial charge in [0.2, 0.25) is 0 Å². The van der Waals surface area contributed by atoms with Gasteiger partial charge in [0.05, 0.1) is 5.56 Å². The van der Waals surface area contributed by atoms with E-state index in [0.29, 0.717) is 5.56 Å². The van der Waals surface area contributed by atoms with Gasteiger partial charge in [-0.1, -0.05) is 42.5 Å². The standard InChI is InChI=1S/C19H16O2S/c20-19(21)17-6-2-4-15(12-17)8-7-14-3-1-5-16(11-14)18-9-10-22-13-18/h1-8,11-13H,9-10H2,(H,20,21)/b8-7+. The van der Waals surface area contributed by atoms with Gasteiger partial charge in [0.1, 0.15) is 0 Å². The molecule has 1 aliphatic heterocycles. The van der Waals surface area contributed by atoms with E-state index in [2.05, 4.69) is 29.7 Å². The third kappa shape index (κ3) is 3.49. The normalized spacial score (nSPS) is 14.3. The summed E-state index contributed by atoms with van der Waals surface area (Å²) in [7, 11) is 0. The molecule has 2 aromatic rings. The van der Waals surface area contributed by atoms with Gasteiger partial charge in [-0.05, 0) is 52.3 Å². The molecular formula is C19H16O2S. The predicted molar refractivity (Wildman–Crippen MR) is 93.8 cm³/mol. The van der Waals surface area contributed by atoms with E-state index >= 15 is 0 Å². The molecule has 0 amide bonds. The van der Waals surface area contributed by atoms with Gasteiger partial charge in [0.15, 0.2) is 0 Å². The number of benzene rings is 2. The summed E-state index contributed by atoms with van der Waals surface area (Å²) in [6, 6.07) is 15.4. The molecule has 0 aliphatic carbocycles. The van der Waals surface area contributed by atoms with Crippen LogP contribution in [0.2, 0.25) is 0 Å². The average Bonchev–Trinajstić information content (AvgIpc) is 3.08. The highest BCUT2D eigenvalue weighted by molar-refractivity contribution is 8.02. The summed E-state index contributed by atoms with van der Waals surface area (Å²) in [4.78, 5) is 11.0. The summed E-state index contributed by atoms with van der Waals surface area (Å²) >= 11 is 1.86. The van der Waals surface area contributed by atoms with Crippen molar-refractivity contribution in [1.82, 2.24) is 0 Å². The third-order valence-corrected chi connectivity index (χ3v) is 4.47. The number of carboxylic acids is 1. The van der Waals surface area contributed by atoms with Crippen LogP contribution in [0.25, 0.3) is 17.7 Å². The molecular weight excluding hydrogens is 292 g/mol. The SMILES string of the molecule is O=C(O)c1cccc(/C=C/c2cccc(C3=CSCC3)c2)c1. The number of hydrogen-bond donors (Lipinski definition) is 1. The van der Waals surface area contributed by atoms with Crippen LogP contribution in [-0.2, 0) is 0 Å². The van der Waals surface area contributed by atoms with E-state index in [9.17, 15) is 4.79 Å². The number of aromatic carboxylic acids is 1. The Morgan fingerprint density at radius 2 is 1.77 bits per heavy atom. The Kier molecular flexibility index (Phi) is 4.45. The molecule has 0 fully saturated rings. The molecule has 0 aromatic heterocycles. The Morgan fingerprint density at radius 3 is 2.45 bits per heavy atom. The van der Waals surface area contributed by atoms with E-state index < -0.39 is 5.97 Å². The largest absolute Gasteiger partial charge is 0.478 e. The maximum Gasteiger partial charge on any atom is 0.335 e. The van der Waals surface area contributed by atoms with Crippen LogP contribution in [0.3, 0.4) is 0 Å². The van der Waals surface area contributed by atoms with Crippen molar-refractivity contribution in [3.05, 3.63) is 76.2 Å². The second-order valence-electron chi connectivity index (χ2n) is 5.15. The number of rotatable bonds is 4. The number of carboxylic acid groups (broad SMARTS) is 1. The molecule has 0 saturated heterocycles. The molecule has 2 nitrogen and oxygen atoms in total. The molecule has 0 bridgehead atoms. The van der Waals surface area contributed by atoms with Gasteiger partial charge in [0, 0.05) is 5.75 Å². The molecule has 0 unspecified atom stereocenters. The van der Waals surface area contributed by atoms with E-state index in [1.54, 1.807) is 18.2 Å². The first kappa shape index (κ1) is 14.7. The highest BCUT2D eigenvalue weighted by Crippen LogP contribution is 2.30. The molecule has 3 rings (SSSR count). The first-order chi connectivity index (χ1) is 10.7. The first-order valence-corrected chi connectivity index (χ1v) is 8.20. The van der Waals surface area contributed by atoms with Gasteiger partial charge >= 0.3 is 5.97 Å². The zero-order valence-corrected chi connectivity index (χ0v) is 12.8. The minimum Gasteiger partial charge on any atom is -0.478 e. The Morgan fingerprint density at radius 1 is 1.05 bits per heavy atom. The molecule has 1 N–H and O–H groups in total. The zero-order chi connectivity index (χ0) is 15.4. The quantitative estimate of drug-likeness (QED) is 0.805. The summed E-state index contributed by atoms with van der Waals surface area (Å²) in [6.07, 6.45) is 5.09. The van der Waals surface area contributed by atoms with Gasteiger partial charge in [0.25, 0.3) is 0 Å². The van der Waals surface area contributed by atoms with Crippen molar-refractivity contribution in [2.75, 3.05) is 5.75 Å². The maximum atomic E-state index is 11.0. The van der Waals surface area contributed by atoms with Crippen LogP contribution in [0.4, 0.5) is 0 Å². The highest BCUT2D eigenvalue weighted by Gasteiger charge is 2.07. The number of allylic oxidation sites excluding steroid dienone is 1. The lowest BCUT2D eigenvalue weighted by atomic mass is 10.0. The fourth-order valence-electron chi connectivity index (χ4n) is 2.41. The molecule has 0 spiro atoms. The lowest BCUT2D eigenvalue weighted by Gasteiger charge is -2.03. The zero-order valence-electron chi connectivity index (χ0n) is 12.0. The van der Waals surface area contributed by atoms with Crippen molar-refractivity contribution < 1.29 is 9.90 Å². The number of hydrogen-bond acceptors (Lipinski definition) is 2. The van der Waals surface area contributed by atoms with E-state index in [1.165, 1.54) is 11.1 Å². The van der Waals surface area contributed by atoms with E-state index in [4.69, 9.17) is 5.11 Å². The van der Waals surface area contributed by atoms with Crippen LogP contribution in [0, 0.1) is 0 Å². The molecule has 3 heteroatoms. The molecule has 1 aliphatic rings. The van der Waals surface area contributed by atoms with Crippen LogP contribution < -0.4 is 0 Å². The van der Waals surface area contributed by atoms with Crippen LogP contribution in [-0.4, -0.2) is 16.8 Å². The Balaban J connectivity index is 1.82. The van der Waals surface area contributed by atoms with Gasteiger partial charge in [-0.3, -0.25) is 0 Å². The summed E-state index contributed by atoms with van der Waals surface area (Å²) in [6.45, 7) is 0. The van der Waals surface area contributed by atoms with Crippen molar-refractivity contribution in [3.8, 4) is 0 Å². The molecule has 0 atom stereocenters. The van der Waals surface area contributed by atoms with Crippen LogP contribution in [0.1, 0.15) is 33.5 Å². The van der Waals surface area contributed by atoms with E-state index in [1.807, 2.05) is 30.0 Å². The van der Waals surface area contributed by atoms with Crippen molar-refractivity contribution in [3.63, 3.8) is 0 Å². The Hall–Kier alpha value is -2.26. The van der Waals surface area contributed by atoms with Crippen LogP contribution in [0.5, 0.6) is 0 Å². The van der Waals surface area contributed by atoms with Crippen molar-refractivity contribution in [2.45, 2.75) is 6.42 Å². The first-order valence-electron chi connectivity index (χ1n) is 7.15. The van der Waals surface area contributed by atoms with Crippen LogP contribution in [0.15, 0.2) is 53.9 Å². The summed E-state index contributed by atoms with van der Waals surface area (Å²) in [5.41, 5.74) is 4.99. The lowest BCUT2D eigenvalue weighted by molar-refractivity contribution is 0.0697. The summed E-state index contributed by atoms with van der Waals surface area (Å²) in [5.74, 6) is 0.264. The third-order valence-electron chi connectivity index (χ3n) is 3.57. The van der Waals surface area contributed by atoms with Gasteiger partial charge in [-0.2, -0.15) is 0 Å². The lowest BCUT2D eigenvalue weighted by Crippen LogP contribution is -1.95. The number of carbonyl (C=O) groups is 1. The van der Waals surface area contributed by atoms with Crippen molar-refractivity contribution in [1.29, 1.82) is 0 Å². The fraction of sp³-hybridized carbons (Fsp3) is 0.105. The molecule has 0 saturated carbocycles. The Bertz CT molecular complexity index is 760. The molecule has 110 valence electrons. The predicted octanol–water partition coefficient (Wildman–Crippen LogP) is 5.03.